The Labute approximate surface area is 77.9 Å². The Morgan fingerprint density at radius 2 is 2.00 bits per heavy atom. The average Bonchev–Trinajstić information content (AvgIpc) is 2.30. The van der Waals surface area contributed by atoms with Crippen LogP contribution in [-0.4, -0.2) is 3.59 Å². The molecule has 0 radical (unpaired) electrons. The fraction of sp³-hybridized carbons (Fsp3) is 0. The zero-order valence-electron chi connectivity index (χ0n) is 5.59. The van der Waals surface area contributed by atoms with Crippen molar-refractivity contribution in [2.75, 3.05) is 0 Å². The fourth-order valence-electron chi connectivity index (χ4n) is 1.10. The standard InChI is InChI=1S/C8H5BrClN/c9-11-5-7(10)6-3-1-2-4-8(6)11/h1-5H. The van der Waals surface area contributed by atoms with Crippen molar-refractivity contribution in [3.8, 4) is 0 Å². The summed E-state index contributed by atoms with van der Waals surface area (Å²) in [6.07, 6.45) is 1.84. The monoisotopic (exact) mass is 229 g/mol. The molecule has 0 fully saturated rings. The molecule has 0 aliphatic heterocycles. The van der Waals surface area contributed by atoms with E-state index < -0.39 is 0 Å². The minimum absolute atomic E-state index is 0.775. The van der Waals surface area contributed by atoms with E-state index in [9.17, 15) is 0 Å². The maximum absolute atomic E-state index is 5.93. The maximum atomic E-state index is 5.93. The highest BCUT2D eigenvalue weighted by Gasteiger charge is 2.02. The smallest absolute Gasteiger partial charge is 0.0671 e. The van der Waals surface area contributed by atoms with Crippen LogP contribution in [0.2, 0.25) is 5.02 Å². The molecule has 0 unspecified atom stereocenters. The van der Waals surface area contributed by atoms with E-state index in [2.05, 4.69) is 16.1 Å². The SMILES string of the molecule is Clc1cn(Br)c2ccccc12. The Kier molecular flexibility index (Phi) is 1.66. The van der Waals surface area contributed by atoms with E-state index in [-0.39, 0.29) is 0 Å². The molecule has 0 saturated carbocycles. The lowest BCUT2D eigenvalue weighted by atomic mass is 10.3. The molecule has 0 N–H and O–H groups in total. The van der Waals surface area contributed by atoms with Crippen molar-refractivity contribution in [1.29, 1.82) is 0 Å². The number of rotatable bonds is 0. The first kappa shape index (κ1) is 7.19. The van der Waals surface area contributed by atoms with Crippen LogP contribution < -0.4 is 0 Å². The van der Waals surface area contributed by atoms with E-state index in [0.717, 1.165) is 15.9 Å². The molecular weight excluding hydrogens is 225 g/mol. The molecule has 2 rings (SSSR count). The second-order valence-electron chi connectivity index (χ2n) is 2.31. The van der Waals surface area contributed by atoms with Crippen LogP contribution in [0.1, 0.15) is 0 Å². The van der Waals surface area contributed by atoms with E-state index in [1.165, 1.54) is 0 Å². The van der Waals surface area contributed by atoms with Gasteiger partial charge in [-0.15, -0.1) is 0 Å². The summed E-state index contributed by atoms with van der Waals surface area (Å²) in [6, 6.07) is 7.96. The van der Waals surface area contributed by atoms with Crippen molar-refractivity contribution in [2.45, 2.75) is 0 Å². The third-order valence-corrected chi connectivity index (χ3v) is 2.51. The van der Waals surface area contributed by atoms with Gasteiger partial charge in [0.15, 0.2) is 0 Å². The normalized spacial score (nSPS) is 10.7. The van der Waals surface area contributed by atoms with E-state index >= 15 is 0 Å². The zero-order chi connectivity index (χ0) is 7.84. The van der Waals surface area contributed by atoms with Crippen LogP contribution in [0, 0.1) is 0 Å². The molecule has 0 aliphatic rings. The summed E-state index contributed by atoms with van der Waals surface area (Å²) >= 11 is 9.28. The Morgan fingerprint density at radius 3 is 2.73 bits per heavy atom. The highest BCUT2D eigenvalue weighted by Crippen LogP contribution is 2.26. The number of fused-ring (bicyclic) bond motifs is 1. The highest BCUT2D eigenvalue weighted by molar-refractivity contribution is 9.08. The predicted molar refractivity (Wildman–Crippen MR) is 51.3 cm³/mol. The van der Waals surface area contributed by atoms with Crippen LogP contribution in [0.25, 0.3) is 10.9 Å². The molecular formula is C8H5BrClN. The van der Waals surface area contributed by atoms with Gasteiger partial charge in [-0.1, -0.05) is 29.8 Å². The molecule has 0 atom stereocenters. The van der Waals surface area contributed by atoms with Gasteiger partial charge in [0.25, 0.3) is 0 Å². The Bertz CT molecular complexity index is 358. The number of halogens is 2. The number of benzene rings is 1. The van der Waals surface area contributed by atoms with Gasteiger partial charge in [0.2, 0.25) is 0 Å². The molecule has 1 nitrogen and oxygen atoms in total. The van der Waals surface area contributed by atoms with Crippen molar-refractivity contribution in [3.05, 3.63) is 35.5 Å². The van der Waals surface area contributed by atoms with E-state index in [1.807, 2.05) is 34.1 Å². The molecule has 0 amide bonds. The third-order valence-electron chi connectivity index (χ3n) is 1.62. The van der Waals surface area contributed by atoms with E-state index in [1.54, 1.807) is 0 Å². The molecule has 0 saturated heterocycles. The van der Waals surface area contributed by atoms with Crippen LogP contribution in [0.15, 0.2) is 30.5 Å². The molecule has 0 bridgehead atoms. The van der Waals surface area contributed by atoms with Crippen molar-refractivity contribution in [3.63, 3.8) is 0 Å². The lowest BCUT2D eigenvalue weighted by Gasteiger charge is -1.90. The lowest BCUT2D eigenvalue weighted by molar-refractivity contribution is 1.39. The predicted octanol–water partition coefficient (Wildman–Crippen LogP) is 3.45. The van der Waals surface area contributed by atoms with Crippen molar-refractivity contribution < 1.29 is 0 Å². The topological polar surface area (TPSA) is 4.93 Å². The molecule has 1 aromatic carbocycles. The second-order valence-corrected chi connectivity index (χ2v) is 3.48. The van der Waals surface area contributed by atoms with Crippen molar-refractivity contribution in [2.24, 2.45) is 0 Å². The number of nitrogens with zero attached hydrogens (tertiary/aromatic N) is 1. The molecule has 0 aliphatic carbocycles. The van der Waals surface area contributed by atoms with Gasteiger partial charge < -0.3 is 0 Å². The molecule has 1 heterocycles. The first-order chi connectivity index (χ1) is 5.29. The van der Waals surface area contributed by atoms with Gasteiger partial charge in [-0.05, 0) is 6.07 Å². The summed E-state index contributed by atoms with van der Waals surface area (Å²) in [5.74, 6) is 0. The number of aromatic nitrogens is 1. The molecule has 1 aromatic heterocycles. The Hall–Kier alpha value is -0.470. The largest absolute Gasteiger partial charge is 0.282 e. The van der Waals surface area contributed by atoms with Gasteiger partial charge in [0.1, 0.15) is 0 Å². The van der Waals surface area contributed by atoms with Crippen LogP contribution in [0.3, 0.4) is 0 Å². The van der Waals surface area contributed by atoms with Gasteiger partial charge in [0, 0.05) is 11.6 Å². The summed E-state index contributed by atoms with van der Waals surface area (Å²) in [4.78, 5) is 0. The van der Waals surface area contributed by atoms with Gasteiger partial charge >= 0.3 is 0 Å². The minimum atomic E-state index is 0.775. The molecule has 56 valence electrons. The number of hydrogen-bond donors (Lipinski definition) is 0. The van der Waals surface area contributed by atoms with Crippen molar-refractivity contribution in [1.82, 2.24) is 3.59 Å². The number of hydrogen-bond acceptors (Lipinski definition) is 0. The Morgan fingerprint density at radius 1 is 1.27 bits per heavy atom. The Balaban J connectivity index is 2.95. The minimum Gasteiger partial charge on any atom is -0.282 e. The molecule has 11 heavy (non-hydrogen) atoms. The summed E-state index contributed by atoms with van der Waals surface area (Å²) < 4.78 is 1.84. The first-order valence-corrected chi connectivity index (χ1v) is 4.29. The summed E-state index contributed by atoms with van der Waals surface area (Å²) in [5, 5.41) is 1.85. The lowest BCUT2D eigenvalue weighted by Crippen LogP contribution is -1.71. The van der Waals surface area contributed by atoms with Crippen LogP contribution in [-0.2, 0) is 0 Å². The summed E-state index contributed by atoms with van der Waals surface area (Å²) in [7, 11) is 0. The van der Waals surface area contributed by atoms with Gasteiger partial charge in [-0.25, -0.2) is 0 Å². The van der Waals surface area contributed by atoms with Crippen LogP contribution >= 0.6 is 27.7 Å². The third kappa shape index (κ3) is 1.06. The average molecular weight is 230 g/mol. The summed E-state index contributed by atoms with van der Waals surface area (Å²) in [5.41, 5.74) is 1.09. The van der Waals surface area contributed by atoms with Crippen LogP contribution in [0.4, 0.5) is 0 Å². The second kappa shape index (κ2) is 2.54. The van der Waals surface area contributed by atoms with Gasteiger partial charge in [0.05, 0.1) is 26.7 Å². The summed E-state index contributed by atoms with van der Waals surface area (Å²) in [6.45, 7) is 0. The van der Waals surface area contributed by atoms with Gasteiger partial charge in [-0.2, -0.15) is 0 Å². The zero-order valence-corrected chi connectivity index (χ0v) is 7.93. The number of para-hydroxylation sites is 1. The molecule has 0 spiro atoms. The van der Waals surface area contributed by atoms with E-state index in [0.29, 0.717) is 0 Å². The van der Waals surface area contributed by atoms with Crippen LogP contribution in [0.5, 0.6) is 0 Å². The maximum Gasteiger partial charge on any atom is 0.0671 e. The van der Waals surface area contributed by atoms with E-state index in [4.69, 9.17) is 11.6 Å². The molecule has 2 aromatic rings. The van der Waals surface area contributed by atoms with Gasteiger partial charge in [-0.3, -0.25) is 3.59 Å². The molecule has 3 heteroatoms. The highest BCUT2D eigenvalue weighted by atomic mass is 79.9. The quantitative estimate of drug-likeness (QED) is 0.653. The fourth-order valence-corrected chi connectivity index (χ4v) is 1.99. The first-order valence-electron chi connectivity index (χ1n) is 3.21. The van der Waals surface area contributed by atoms with Crippen molar-refractivity contribution >= 4 is 38.7 Å².